The van der Waals surface area contributed by atoms with Crippen LogP contribution in [0.5, 0.6) is 0 Å². The maximum atomic E-state index is 12.4. The summed E-state index contributed by atoms with van der Waals surface area (Å²) in [4.78, 5) is 33.9. The Morgan fingerprint density at radius 1 is 1.20 bits per heavy atom. The number of benzene rings is 1. The molecule has 0 fully saturated rings. The summed E-state index contributed by atoms with van der Waals surface area (Å²) in [5.41, 5.74) is 5.16. The molecule has 2 unspecified atom stereocenters. The minimum absolute atomic E-state index is 0.0309. The molecule has 0 saturated carbocycles. The van der Waals surface area contributed by atoms with Crippen LogP contribution in [-0.2, 0) is 27.1 Å². The molecule has 0 aliphatic carbocycles. The third-order valence-electron chi connectivity index (χ3n) is 3.24. The smallest absolute Gasteiger partial charge is 0.416 e. The highest BCUT2D eigenvalue weighted by molar-refractivity contribution is 5.90. The Bertz CT molecular complexity index is 632. The number of carbonyl (C=O) groups excluding carboxylic acids is 2. The number of hydrogen-bond donors (Lipinski definition) is 4. The van der Waals surface area contributed by atoms with Crippen molar-refractivity contribution in [2.45, 2.75) is 38.1 Å². The lowest BCUT2D eigenvalue weighted by Crippen LogP contribution is -2.48. The van der Waals surface area contributed by atoms with E-state index in [1.165, 1.54) is 19.1 Å². The van der Waals surface area contributed by atoms with Gasteiger partial charge in [0, 0.05) is 6.54 Å². The lowest BCUT2D eigenvalue weighted by molar-refractivity contribution is -0.141. The average molecular weight is 361 g/mol. The van der Waals surface area contributed by atoms with Gasteiger partial charge in [-0.25, -0.2) is 0 Å². The number of nitrogens with two attached hydrogens (primary N) is 1. The maximum Gasteiger partial charge on any atom is 0.416 e. The molecule has 25 heavy (non-hydrogen) atoms. The second-order valence-electron chi connectivity index (χ2n) is 5.35. The zero-order valence-corrected chi connectivity index (χ0v) is 13.3. The summed E-state index contributed by atoms with van der Waals surface area (Å²) in [6.07, 6.45) is -4.83. The molecule has 0 aromatic heterocycles. The fourth-order valence-corrected chi connectivity index (χ4v) is 1.76. The topological polar surface area (TPSA) is 122 Å². The van der Waals surface area contributed by atoms with Crippen molar-refractivity contribution in [2.75, 3.05) is 0 Å². The van der Waals surface area contributed by atoms with Gasteiger partial charge in [-0.05, 0) is 24.6 Å². The van der Waals surface area contributed by atoms with E-state index in [4.69, 9.17) is 10.8 Å². The Hall–Kier alpha value is -2.62. The van der Waals surface area contributed by atoms with Gasteiger partial charge >= 0.3 is 12.1 Å². The van der Waals surface area contributed by atoms with Crippen molar-refractivity contribution in [1.29, 1.82) is 0 Å². The molecule has 0 aliphatic heterocycles. The summed E-state index contributed by atoms with van der Waals surface area (Å²) in [7, 11) is 0. The molecule has 1 rings (SSSR count). The van der Waals surface area contributed by atoms with Gasteiger partial charge in [-0.2, -0.15) is 13.2 Å². The number of rotatable bonds is 7. The van der Waals surface area contributed by atoms with Crippen LogP contribution in [0.4, 0.5) is 13.2 Å². The zero-order valence-electron chi connectivity index (χ0n) is 13.3. The Kier molecular flexibility index (Phi) is 6.92. The van der Waals surface area contributed by atoms with Gasteiger partial charge in [-0.15, -0.1) is 0 Å². The van der Waals surface area contributed by atoms with Crippen LogP contribution in [0.2, 0.25) is 0 Å². The van der Waals surface area contributed by atoms with Gasteiger partial charge in [0.1, 0.15) is 6.04 Å². The highest BCUT2D eigenvalue weighted by atomic mass is 19.4. The summed E-state index contributed by atoms with van der Waals surface area (Å²) >= 11 is 0. The number of carboxylic acid groups (broad SMARTS) is 1. The highest BCUT2D eigenvalue weighted by Gasteiger charge is 2.29. The fraction of sp³-hybridized carbons (Fsp3) is 0.400. The van der Waals surface area contributed by atoms with Gasteiger partial charge in [0.25, 0.3) is 0 Å². The molecule has 1 aromatic carbocycles. The van der Waals surface area contributed by atoms with E-state index >= 15 is 0 Å². The first-order valence-corrected chi connectivity index (χ1v) is 7.22. The van der Waals surface area contributed by atoms with Crippen LogP contribution < -0.4 is 16.4 Å². The number of carboxylic acids is 1. The second-order valence-corrected chi connectivity index (χ2v) is 5.35. The van der Waals surface area contributed by atoms with E-state index in [0.717, 1.165) is 12.1 Å². The number of carbonyl (C=O) groups is 3. The van der Waals surface area contributed by atoms with Gasteiger partial charge in [0.15, 0.2) is 0 Å². The van der Waals surface area contributed by atoms with E-state index < -0.39 is 48.0 Å². The molecule has 0 radical (unpaired) electrons. The van der Waals surface area contributed by atoms with E-state index in [-0.39, 0.29) is 6.54 Å². The molecular formula is C15H18F3N3O4. The first-order chi connectivity index (χ1) is 11.5. The van der Waals surface area contributed by atoms with Crippen LogP contribution in [0.3, 0.4) is 0 Å². The first kappa shape index (κ1) is 20.4. The Balaban J connectivity index is 2.46. The molecule has 5 N–H and O–H groups in total. The van der Waals surface area contributed by atoms with Gasteiger partial charge in [-0.1, -0.05) is 12.1 Å². The number of aliphatic carboxylic acids is 1. The van der Waals surface area contributed by atoms with E-state index in [1.807, 2.05) is 0 Å². The van der Waals surface area contributed by atoms with Crippen LogP contribution in [0.25, 0.3) is 0 Å². The second kappa shape index (κ2) is 8.47. The minimum Gasteiger partial charge on any atom is -0.480 e. The van der Waals surface area contributed by atoms with E-state index in [0.29, 0.717) is 5.56 Å². The van der Waals surface area contributed by atoms with Gasteiger partial charge in [0.2, 0.25) is 11.8 Å². The standard InChI is InChI=1S/C15H18F3N3O4/c1-8(14(24)25)21-13(23)11(19)6-12(22)20-7-9-2-4-10(5-3-9)15(16,17)18/h2-5,8,11H,6-7,19H2,1H3,(H,20,22)(H,21,23)(H,24,25). The monoisotopic (exact) mass is 361 g/mol. The van der Waals surface area contributed by atoms with Crippen LogP contribution in [0.15, 0.2) is 24.3 Å². The Labute approximate surface area is 141 Å². The molecule has 1 aromatic rings. The van der Waals surface area contributed by atoms with E-state index in [1.54, 1.807) is 0 Å². The summed E-state index contributed by atoms with van der Waals surface area (Å²) in [5, 5.41) is 13.2. The normalized spacial score (nSPS) is 13.6. The molecular weight excluding hydrogens is 343 g/mol. The third-order valence-corrected chi connectivity index (χ3v) is 3.24. The highest BCUT2D eigenvalue weighted by Crippen LogP contribution is 2.28. The summed E-state index contributed by atoms with van der Waals surface area (Å²) in [6.45, 7) is 1.22. The van der Waals surface area contributed by atoms with E-state index in [9.17, 15) is 27.6 Å². The predicted octanol–water partition coefficient (Wildman–Crippen LogP) is 0.628. The first-order valence-electron chi connectivity index (χ1n) is 7.22. The molecule has 0 bridgehead atoms. The number of alkyl halides is 3. The van der Waals surface area contributed by atoms with Crippen molar-refractivity contribution >= 4 is 17.8 Å². The molecule has 7 nitrogen and oxygen atoms in total. The van der Waals surface area contributed by atoms with Crippen LogP contribution in [0.1, 0.15) is 24.5 Å². The molecule has 0 spiro atoms. The van der Waals surface area contributed by atoms with Gasteiger partial charge in [0.05, 0.1) is 18.0 Å². The zero-order chi connectivity index (χ0) is 19.2. The fourth-order valence-electron chi connectivity index (χ4n) is 1.76. The average Bonchev–Trinajstić information content (AvgIpc) is 2.52. The third kappa shape index (κ3) is 6.79. The van der Waals surface area contributed by atoms with Crippen LogP contribution >= 0.6 is 0 Å². The number of nitrogens with one attached hydrogen (secondary N) is 2. The van der Waals surface area contributed by atoms with Crippen molar-refractivity contribution < 1.29 is 32.7 Å². The molecule has 0 heterocycles. The summed E-state index contributed by atoms with van der Waals surface area (Å²) in [5.74, 6) is -2.63. The van der Waals surface area contributed by atoms with Crippen molar-refractivity contribution in [3.05, 3.63) is 35.4 Å². The molecule has 138 valence electrons. The summed E-state index contributed by atoms with van der Waals surface area (Å²) < 4.78 is 37.3. The quantitative estimate of drug-likeness (QED) is 0.567. The van der Waals surface area contributed by atoms with Gasteiger partial charge in [-0.3, -0.25) is 14.4 Å². The van der Waals surface area contributed by atoms with Crippen molar-refractivity contribution in [1.82, 2.24) is 10.6 Å². The van der Waals surface area contributed by atoms with Gasteiger partial charge < -0.3 is 21.5 Å². The number of hydrogen-bond acceptors (Lipinski definition) is 4. The van der Waals surface area contributed by atoms with Crippen molar-refractivity contribution in [3.63, 3.8) is 0 Å². The van der Waals surface area contributed by atoms with Crippen molar-refractivity contribution in [2.24, 2.45) is 5.73 Å². The van der Waals surface area contributed by atoms with Crippen LogP contribution in [0, 0.1) is 0 Å². The predicted molar refractivity (Wildman–Crippen MR) is 81.1 cm³/mol. The Morgan fingerprint density at radius 2 is 1.76 bits per heavy atom. The lowest BCUT2D eigenvalue weighted by Gasteiger charge is -2.14. The number of halogens is 3. The molecule has 2 atom stereocenters. The summed E-state index contributed by atoms with van der Waals surface area (Å²) in [6, 6.07) is 1.86. The Morgan fingerprint density at radius 3 is 2.24 bits per heavy atom. The minimum atomic E-state index is -4.44. The molecule has 0 saturated heterocycles. The van der Waals surface area contributed by atoms with Crippen molar-refractivity contribution in [3.8, 4) is 0 Å². The molecule has 2 amide bonds. The lowest BCUT2D eigenvalue weighted by atomic mass is 10.1. The number of amides is 2. The molecule has 0 aliphatic rings. The van der Waals surface area contributed by atoms with Crippen LogP contribution in [-0.4, -0.2) is 35.0 Å². The largest absolute Gasteiger partial charge is 0.480 e. The molecule has 10 heteroatoms. The van der Waals surface area contributed by atoms with E-state index in [2.05, 4.69) is 10.6 Å². The SMILES string of the molecule is CC(NC(=O)C(N)CC(=O)NCc1ccc(C(F)(F)F)cc1)C(=O)O. The maximum absolute atomic E-state index is 12.4.